The lowest BCUT2D eigenvalue weighted by Crippen LogP contribution is -2.54. The van der Waals surface area contributed by atoms with Gasteiger partial charge in [0.25, 0.3) is 0 Å². The quantitative estimate of drug-likeness (QED) is 0.896. The lowest BCUT2D eigenvalue weighted by Gasteiger charge is -2.33. The minimum Gasteiger partial charge on any atom is -0.435 e. The third kappa shape index (κ3) is 4.82. The number of carbonyl (C=O) groups excluding carboxylic acids is 1. The highest BCUT2D eigenvalue weighted by molar-refractivity contribution is 5.98. The summed E-state index contributed by atoms with van der Waals surface area (Å²) in [6.07, 6.45) is 2.80. The average molecular weight is 321 g/mol. The summed E-state index contributed by atoms with van der Waals surface area (Å²) in [5, 5.41) is 5.94. The first-order chi connectivity index (χ1) is 9.49. The van der Waals surface area contributed by atoms with Gasteiger partial charge in [0, 0.05) is 11.8 Å². The van der Waals surface area contributed by atoms with Gasteiger partial charge < -0.3 is 15.4 Å². The van der Waals surface area contributed by atoms with Gasteiger partial charge in [-0.05, 0) is 44.9 Å². The molecule has 1 heterocycles. The number of benzene rings is 1. The summed E-state index contributed by atoms with van der Waals surface area (Å²) >= 11 is 0. The van der Waals surface area contributed by atoms with Crippen LogP contribution >= 0.6 is 12.4 Å². The largest absolute Gasteiger partial charge is 0.435 e. The number of hydrogen-bond donors (Lipinski definition) is 2. The van der Waals surface area contributed by atoms with Gasteiger partial charge in [0.15, 0.2) is 0 Å². The number of rotatable bonds is 4. The van der Waals surface area contributed by atoms with Crippen LogP contribution in [0.25, 0.3) is 0 Å². The molecule has 2 N–H and O–H groups in total. The fraction of sp³-hybridized carbons (Fsp3) is 0.500. The van der Waals surface area contributed by atoms with E-state index in [1.54, 1.807) is 12.1 Å². The molecule has 1 amide bonds. The zero-order valence-electron chi connectivity index (χ0n) is 11.7. The molecule has 1 saturated heterocycles. The first kappa shape index (κ1) is 17.7. The molecule has 1 unspecified atom stereocenters. The van der Waals surface area contributed by atoms with E-state index in [4.69, 9.17) is 0 Å². The van der Waals surface area contributed by atoms with Crippen molar-refractivity contribution < 1.29 is 18.3 Å². The summed E-state index contributed by atoms with van der Waals surface area (Å²) in [7, 11) is 0. The minimum atomic E-state index is -2.88. The summed E-state index contributed by atoms with van der Waals surface area (Å²) in [5.74, 6) is -0.133. The number of nitrogens with one attached hydrogen (secondary N) is 2. The third-order valence-electron chi connectivity index (χ3n) is 3.44. The molecular weight excluding hydrogens is 302 g/mol. The first-order valence-electron chi connectivity index (χ1n) is 6.61. The zero-order valence-corrected chi connectivity index (χ0v) is 12.5. The lowest BCUT2D eigenvalue weighted by atomic mass is 9.90. The Kier molecular flexibility index (Phi) is 6.36. The van der Waals surface area contributed by atoms with Gasteiger partial charge in [-0.15, -0.1) is 12.4 Å². The van der Waals surface area contributed by atoms with E-state index in [2.05, 4.69) is 15.4 Å². The number of piperidine rings is 1. The van der Waals surface area contributed by atoms with Crippen molar-refractivity contribution in [2.45, 2.75) is 38.3 Å². The molecule has 0 aliphatic carbocycles. The van der Waals surface area contributed by atoms with Crippen molar-refractivity contribution >= 4 is 24.0 Å². The summed E-state index contributed by atoms with van der Waals surface area (Å²) in [4.78, 5) is 12.3. The van der Waals surface area contributed by atoms with Crippen molar-refractivity contribution in [1.29, 1.82) is 0 Å². The molecule has 21 heavy (non-hydrogen) atoms. The van der Waals surface area contributed by atoms with Crippen molar-refractivity contribution in [2.75, 3.05) is 11.9 Å². The molecule has 0 saturated carbocycles. The fourth-order valence-electron chi connectivity index (χ4n) is 2.27. The van der Waals surface area contributed by atoms with E-state index in [0.717, 1.165) is 25.8 Å². The molecule has 1 aliphatic rings. The van der Waals surface area contributed by atoms with E-state index in [1.165, 1.54) is 12.1 Å². The first-order valence-corrected chi connectivity index (χ1v) is 6.61. The van der Waals surface area contributed by atoms with Gasteiger partial charge >= 0.3 is 6.61 Å². The van der Waals surface area contributed by atoms with Crippen molar-refractivity contribution in [3.63, 3.8) is 0 Å². The Balaban J connectivity index is 0.00000220. The number of hydrogen-bond acceptors (Lipinski definition) is 3. The van der Waals surface area contributed by atoms with E-state index in [1.807, 2.05) is 6.92 Å². The number of alkyl halides is 2. The van der Waals surface area contributed by atoms with Crippen LogP contribution in [-0.4, -0.2) is 24.6 Å². The third-order valence-corrected chi connectivity index (χ3v) is 3.44. The van der Waals surface area contributed by atoms with E-state index < -0.39 is 12.2 Å². The Bertz CT molecular complexity index is 480. The molecule has 7 heteroatoms. The van der Waals surface area contributed by atoms with Gasteiger partial charge in [-0.1, -0.05) is 6.07 Å². The molecular formula is C14H19ClF2N2O2. The molecule has 2 rings (SSSR count). The summed E-state index contributed by atoms with van der Waals surface area (Å²) in [6.45, 7) is -0.224. The second kappa shape index (κ2) is 7.56. The maximum atomic E-state index is 12.3. The van der Waals surface area contributed by atoms with Gasteiger partial charge in [0.1, 0.15) is 5.75 Å². The van der Waals surface area contributed by atoms with Crippen molar-refractivity contribution in [3.8, 4) is 5.75 Å². The summed E-state index contributed by atoms with van der Waals surface area (Å²) in [5.41, 5.74) is -0.167. The van der Waals surface area contributed by atoms with Crippen LogP contribution in [0.4, 0.5) is 14.5 Å². The predicted octanol–water partition coefficient (Wildman–Crippen LogP) is 3.18. The molecule has 0 aromatic heterocycles. The van der Waals surface area contributed by atoms with Crippen molar-refractivity contribution in [3.05, 3.63) is 24.3 Å². The Hall–Kier alpha value is -1.40. The standard InChI is InChI=1S/C14H18F2N2O2.ClH/c1-14(7-2-3-8-17-14)12(19)18-10-5-4-6-11(9-10)20-13(15)16;/h4-6,9,13,17H,2-3,7-8H2,1H3,(H,18,19);1H. The molecule has 1 aromatic rings. The Morgan fingerprint density at radius 2 is 2.19 bits per heavy atom. The monoisotopic (exact) mass is 320 g/mol. The highest BCUT2D eigenvalue weighted by atomic mass is 35.5. The van der Waals surface area contributed by atoms with Crippen LogP contribution in [0.15, 0.2) is 24.3 Å². The molecule has 4 nitrogen and oxygen atoms in total. The molecule has 0 bridgehead atoms. The van der Waals surface area contributed by atoms with Crippen molar-refractivity contribution in [2.24, 2.45) is 0 Å². The van der Waals surface area contributed by atoms with E-state index >= 15 is 0 Å². The van der Waals surface area contributed by atoms with Crippen LogP contribution in [-0.2, 0) is 4.79 Å². The lowest BCUT2D eigenvalue weighted by molar-refractivity contribution is -0.122. The van der Waals surface area contributed by atoms with Crippen LogP contribution < -0.4 is 15.4 Å². The van der Waals surface area contributed by atoms with Gasteiger partial charge in [0.2, 0.25) is 5.91 Å². The van der Waals surface area contributed by atoms with Gasteiger partial charge in [0.05, 0.1) is 5.54 Å². The second-order valence-corrected chi connectivity index (χ2v) is 5.08. The normalized spacial score (nSPS) is 21.5. The molecule has 1 atom stereocenters. The average Bonchev–Trinajstić information content (AvgIpc) is 2.39. The fourth-order valence-corrected chi connectivity index (χ4v) is 2.27. The number of ether oxygens (including phenoxy) is 1. The van der Waals surface area contributed by atoms with Gasteiger partial charge in [-0.2, -0.15) is 8.78 Å². The molecule has 1 fully saturated rings. The molecule has 1 aliphatic heterocycles. The van der Waals surface area contributed by atoms with Crippen LogP contribution in [0, 0.1) is 0 Å². The molecule has 1 aromatic carbocycles. The SMILES string of the molecule is CC1(C(=O)Nc2cccc(OC(F)F)c2)CCCCN1.Cl. The Labute approximate surface area is 128 Å². The van der Waals surface area contributed by atoms with E-state index in [0.29, 0.717) is 5.69 Å². The summed E-state index contributed by atoms with van der Waals surface area (Å²) in [6, 6.07) is 6.00. The second-order valence-electron chi connectivity index (χ2n) is 5.08. The van der Waals surface area contributed by atoms with E-state index in [-0.39, 0.29) is 24.1 Å². The maximum Gasteiger partial charge on any atom is 0.387 e. The highest BCUT2D eigenvalue weighted by Crippen LogP contribution is 2.23. The predicted molar refractivity (Wildman–Crippen MR) is 79.2 cm³/mol. The number of amides is 1. The molecule has 0 radical (unpaired) electrons. The topological polar surface area (TPSA) is 50.4 Å². The zero-order chi connectivity index (χ0) is 14.6. The Morgan fingerprint density at radius 3 is 2.81 bits per heavy atom. The number of anilines is 1. The maximum absolute atomic E-state index is 12.3. The van der Waals surface area contributed by atoms with Crippen LogP contribution in [0.1, 0.15) is 26.2 Å². The van der Waals surface area contributed by atoms with Crippen molar-refractivity contribution in [1.82, 2.24) is 5.32 Å². The Morgan fingerprint density at radius 1 is 1.43 bits per heavy atom. The van der Waals surface area contributed by atoms with E-state index in [9.17, 15) is 13.6 Å². The molecule has 0 spiro atoms. The van der Waals surface area contributed by atoms with Gasteiger partial charge in [-0.3, -0.25) is 4.79 Å². The molecule has 118 valence electrons. The van der Waals surface area contributed by atoms with Crippen LogP contribution in [0.5, 0.6) is 5.75 Å². The van der Waals surface area contributed by atoms with Crippen LogP contribution in [0.3, 0.4) is 0 Å². The van der Waals surface area contributed by atoms with Gasteiger partial charge in [-0.25, -0.2) is 0 Å². The van der Waals surface area contributed by atoms with Crippen LogP contribution in [0.2, 0.25) is 0 Å². The highest BCUT2D eigenvalue weighted by Gasteiger charge is 2.34. The summed E-state index contributed by atoms with van der Waals surface area (Å²) < 4.78 is 28.6. The number of carbonyl (C=O) groups is 1. The smallest absolute Gasteiger partial charge is 0.387 e. The number of halogens is 3. The minimum absolute atomic E-state index is 0.